The van der Waals surface area contributed by atoms with Gasteiger partial charge in [-0.2, -0.15) is 4.72 Å². The van der Waals surface area contributed by atoms with Crippen LogP contribution in [0.3, 0.4) is 0 Å². The van der Waals surface area contributed by atoms with E-state index in [2.05, 4.69) is 10.0 Å². The van der Waals surface area contributed by atoms with Crippen molar-refractivity contribution >= 4 is 21.6 Å². The van der Waals surface area contributed by atoms with Crippen molar-refractivity contribution in [1.82, 2.24) is 4.72 Å². The van der Waals surface area contributed by atoms with Gasteiger partial charge in [0.1, 0.15) is 17.5 Å². The second-order valence-electron chi connectivity index (χ2n) is 7.17. The first-order valence-electron chi connectivity index (χ1n) is 9.28. The van der Waals surface area contributed by atoms with Gasteiger partial charge in [0.2, 0.25) is 15.9 Å². The lowest BCUT2D eigenvalue weighted by Gasteiger charge is -2.21. The number of nitrogens with one attached hydrogen (secondary N) is 2. The van der Waals surface area contributed by atoms with Crippen LogP contribution < -0.4 is 19.5 Å². The van der Waals surface area contributed by atoms with Crippen LogP contribution in [0.2, 0.25) is 0 Å². The number of benzene rings is 2. The zero-order chi connectivity index (χ0) is 21.6. The molecule has 8 heteroatoms. The molecule has 0 radical (unpaired) electrons. The Morgan fingerprint density at radius 1 is 1.03 bits per heavy atom. The molecule has 0 saturated heterocycles. The van der Waals surface area contributed by atoms with Crippen molar-refractivity contribution in [3.63, 3.8) is 0 Å². The van der Waals surface area contributed by atoms with E-state index in [1.807, 2.05) is 26.8 Å². The van der Waals surface area contributed by atoms with Gasteiger partial charge in [-0.15, -0.1) is 0 Å². The highest BCUT2D eigenvalue weighted by Crippen LogP contribution is 2.26. The summed E-state index contributed by atoms with van der Waals surface area (Å²) in [6.45, 7) is 5.75. The lowest BCUT2D eigenvalue weighted by atomic mass is 10.0. The summed E-state index contributed by atoms with van der Waals surface area (Å²) >= 11 is 0. The molecule has 7 nitrogen and oxygen atoms in total. The number of rotatable bonds is 9. The Labute approximate surface area is 172 Å². The SMILES string of the molecule is COc1ccc(S(=O)(=O)N[C@H](CC(C)C)C(=O)Nc2cc(C)ccc2OC)cc1. The molecule has 0 aliphatic heterocycles. The molecule has 1 amide bonds. The molecule has 2 N–H and O–H groups in total. The molecule has 0 aliphatic carbocycles. The van der Waals surface area contributed by atoms with Gasteiger partial charge in [-0.1, -0.05) is 19.9 Å². The number of carbonyl (C=O) groups excluding carboxylic acids is 1. The highest BCUT2D eigenvalue weighted by Gasteiger charge is 2.27. The number of hydrogen-bond acceptors (Lipinski definition) is 5. The average Bonchev–Trinajstić information content (AvgIpc) is 2.67. The van der Waals surface area contributed by atoms with Gasteiger partial charge >= 0.3 is 0 Å². The average molecular weight is 421 g/mol. The zero-order valence-corrected chi connectivity index (χ0v) is 18.2. The Balaban J connectivity index is 2.26. The van der Waals surface area contributed by atoms with E-state index in [4.69, 9.17) is 9.47 Å². The van der Waals surface area contributed by atoms with Crippen molar-refractivity contribution in [2.75, 3.05) is 19.5 Å². The Bertz CT molecular complexity index is 940. The summed E-state index contributed by atoms with van der Waals surface area (Å²) in [6.07, 6.45) is 0.343. The fourth-order valence-corrected chi connectivity index (χ4v) is 4.04. The number of amides is 1. The molecular formula is C21H28N2O5S. The van der Waals surface area contributed by atoms with E-state index in [1.165, 1.54) is 26.4 Å². The number of carbonyl (C=O) groups is 1. The number of sulfonamides is 1. The minimum absolute atomic E-state index is 0.0630. The van der Waals surface area contributed by atoms with E-state index in [0.29, 0.717) is 23.6 Å². The minimum Gasteiger partial charge on any atom is -0.497 e. The molecule has 2 rings (SSSR count). The van der Waals surface area contributed by atoms with Crippen molar-refractivity contribution in [3.05, 3.63) is 48.0 Å². The van der Waals surface area contributed by atoms with Crippen molar-refractivity contribution in [2.24, 2.45) is 5.92 Å². The second kappa shape index (κ2) is 9.76. The summed E-state index contributed by atoms with van der Waals surface area (Å²) in [5.41, 5.74) is 1.44. The lowest BCUT2D eigenvalue weighted by Crippen LogP contribution is -2.44. The van der Waals surface area contributed by atoms with Crippen LogP contribution in [-0.2, 0) is 14.8 Å². The van der Waals surface area contributed by atoms with E-state index in [0.717, 1.165) is 5.56 Å². The predicted octanol–water partition coefficient (Wildman–Crippen LogP) is 3.34. The molecule has 0 aromatic heterocycles. The van der Waals surface area contributed by atoms with Crippen LogP contribution in [0.1, 0.15) is 25.8 Å². The highest BCUT2D eigenvalue weighted by molar-refractivity contribution is 7.89. The Morgan fingerprint density at radius 2 is 1.69 bits per heavy atom. The lowest BCUT2D eigenvalue weighted by molar-refractivity contribution is -0.118. The van der Waals surface area contributed by atoms with E-state index in [9.17, 15) is 13.2 Å². The first kappa shape index (κ1) is 22.7. The molecule has 0 unspecified atom stereocenters. The van der Waals surface area contributed by atoms with Gasteiger partial charge < -0.3 is 14.8 Å². The number of hydrogen-bond donors (Lipinski definition) is 2. The Hall–Kier alpha value is -2.58. The fraction of sp³-hybridized carbons (Fsp3) is 0.381. The van der Waals surface area contributed by atoms with Crippen molar-refractivity contribution in [3.8, 4) is 11.5 Å². The summed E-state index contributed by atoms with van der Waals surface area (Å²) in [7, 11) is -0.872. The standard InChI is InChI=1S/C21H28N2O5S/c1-14(2)12-19(21(24)22-18-13-15(3)6-11-20(18)28-5)23-29(25,26)17-9-7-16(27-4)8-10-17/h6-11,13-14,19,23H,12H2,1-5H3,(H,22,24)/t19-/m1/s1. The van der Waals surface area contributed by atoms with Crippen LogP contribution in [0.25, 0.3) is 0 Å². The second-order valence-corrected chi connectivity index (χ2v) is 8.89. The Morgan fingerprint density at radius 3 is 2.24 bits per heavy atom. The summed E-state index contributed by atoms with van der Waals surface area (Å²) in [4.78, 5) is 13.0. The van der Waals surface area contributed by atoms with Gasteiger partial charge in [-0.25, -0.2) is 8.42 Å². The Kier molecular flexibility index (Phi) is 7.64. The van der Waals surface area contributed by atoms with Crippen LogP contribution in [-0.4, -0.2) is 34.6 Å². The molecule has 1 atom stereocenters. The van der Waals surface area contributed by atoms with Gasteiger partial charge in [0.15, 0.2) is 0 Å². The summed E-state index contributed by atoms with van der Waals surface area (Å²) < 4.78 is 38.5. The smallest absolute Gasteiger partial charge is 0.242 e. The number of aryl methyl sites for hydroxylation is 1. The molecule has 0 aliphatic rings. The maximum atomic E-state index is 12.9. The third-order valence-electron chi connectivity index (χ3n) is 4.30. The number of anilines is 1. The monoisotopic (exact) mass is 420 g/mol. The van der Waals surface area contributed by atoms with E-state index >= 15 is 0 Å². The van der Waals surface area contributed by atoms with E-state index in [-0.39, 0.29) is 10.8 Å². The van der Waals surface area contributed by atoms with Gasteiger partial charge in [-0.05, 0) is 61.2 Å². The molecule has 0 heterocycles. The van der Waals surface area contributed by atoms with Crippen LogP contribution in [0.5, 0.6) is 11.5 Å². The minimum atomic E-state index is -3.89. The largest absolute Gasteiger partial charge is 0.497 e. The quantitative estimate of drug-likeness (QED) is 0.649. The fourth-order valence-electron chi connectivity index (χ4n) is 2.83. The highest BCUT2D eigenvalue weighted by atomic mass is 32.2. The summed E-state index contributed by atoms with van der Waals surface area (Å²) in [5.74, 6) is 0.709. The summed E-state index contributed by atoms with van der Waals surface area (Å²) in [5, 5.41) is 2.79. The molecule has 158 valence electrons. The molecular weight excluding hydrogens is 392 g/mol. The molecule has 0 saturated carbocycles. The van der Waals surface area contributed by atoms with Crippen LogP contribution in [0, 0.1) is 12.8 Å². The number of ether oxygens (including phenoxy) is 2. The molecule has 0 fully saturated rings. The van der Waals surface area contributed by atoms with E-state index < -0.39 is 22.0 Å². The molecule has 2 aromatic rings. The molecule has 2 aromatic carbocycles. The number of methoxy groups -OCH3 is 2. The maximum absolute atomic E-state index is 12.9. The van der Waals surface area contributed by atoms with Crippen LogP contribution >= 0.6 is 0 Å². The molecule has 0 bridgehead atoms. The normalized spacial score (nSPS) is 12.5. The summed E-state index contributed by atoms with van der Waals surface area (Å²) in [6, 6.07) is 10.5. The van der Waals surface area contributed by atoms with Gasteiger partial charge in [-0.3, -0.25) is 4.79 Å². The molecule has 29 heavy (non-hydrogen) atoms. The van der Waals surface area contributed by atoms with Crippen LogP contribution in [0.4, 0.5) is 5.69 Å². The maximum Gasteiger partial charge on any atom is 0.242 e. The van der Waals surface area contributed by atoms with Crippen molar-refractivity contribution in [2.45, 2.75) is 38.1 Å². The predicted molar refractivity (Wildman–Crippen MR) is 113 cm³/mol. The third kappa shape index (κ3) is 6.20. The first-order valence-corrected chi connectivity index (χ1v) is 10.8. The third-order valence-corrected chi connectivity index (χ3v) is 5.79. The zero-order valence-electron chi connectivity index (χ0n) is 17.4. The topological polar surface area (TPSA) is 93.7 Å². The van der Waals surface area contributed by atoms with E-state index in [1.54, 1.807) is 24.3 Å². The van der Waals surface area contributed by atoms with Crippen molar-refractivity contribution in [1.29, 1.82) is 0 Å². The first-order chi connectivity index (χ1) is 13.7. The van der Waals surface area contributed by atoms with Gasteiger partial charge in [0, 0.05) is 0 Å². The van der Waals surface area contributed by atoms with Gasteiger partial charge in [0.05, 0.1) is 24.8 Å². The van der Waals surface area contributed by atoms with Crippen LogP contribution in [0.15, 0.2) is 47.4 Å². The van der Waals surface area contributed by atoms with Gasteiger partial charge in [0.25, 0.3) is 0 Å². The molecule has 0 spiro atoms. The van der Waals surface area contributed by atoms with Crippen molar-refractivity contribution < 1.29 is 22.7 Å².